The first-order valence-electron chi connectivity index (χ1n) is 5.72. The van der Waals surface area contributed by atoms with Crippen molar-refractivity contribution in [2.75, 3.05) is 19.6 Å². The van der Waals surface area contributed by atoms with Gasteiger partial charge in [0.2, 0.25) is 0 Å². The van der Waals surface area contributed by atoms with Gasteiger partial charge in [0.1, 0.15) is 12.2 Å². The zero-order valence-corrected chi connectivity index (χ0v) is 8.82. The molecule has 3 rings (SSSR count). The summed E-state index contributed by atoms with van der Waals surface area (Å²) in [4.78, 5) is 6.69. The Morgan fingerprint density at radius 2 is 2.40 bits per heavy atom. The standard InChI is InChI=1S/C10H17N5/c1-3-15-4-2-9(8(1)6-15)11-5-10-12-7-13-14-10/h7-9,11H,1-6H2,(H,12,13,14). The van der Waals surface area contributed by atoms with E-state index in [1.54, 1.807) is 6.33 Å². The zero-order chi connectivity index (χ0) is 10.1. The quantitative estimate of drug-likeness (QED) is 0.732. The van der Waals surface area contributed by atoms with Crippen LogP contribution in [0.5, 0.6) is 0 Å². The molecule has 82 valence electrons. The lowest BCUT2D eigenvalue weighted by Crippen LogP contribution is -2.43. The predicted molar refractivity (Wildman–Crippen MR) is 56.2 cm³/mol. The van der Waals surface area contributed by atoms with E-state index < -0.39 is 0 Å². The fraction of sp³-hybridized carbons (Fsp3) is 0.800. The highest BCUT2D eigenvalue weighted by Crippen LogP contribution is 2.26. The van der Waals surface area contributed by atoms with E-state index in [1.807, 2.05) is 0 Å². The van der Waals surface area contributed by atoms with Crippen molar-refractivity contribution in [2.45, 2.75) is 25.4 Å². The molecule has 1 aromatic rings. The highest BCUT2D eigenvalue weighted by atomic mass is 15.2. The van der Waals surface area contributed by atoms with Crippen molar-refractivity contribution in [1.82, 2.24) is 25.4 Å². The summed E-state index contributed by atoms with van der Waals surface area (Å²) in [5.74, 6) is 1.79. The fourth-order valence-corrected chi connectivity index (χ4v) is 2.76. The normalized spacial score (nSPS) is 34.5. The first-order valence-corrected chi connectivity index (χ1v) is 5.72. The van der Waals surface area contributed by atoms with Crippen molar-refractivity contribution in [3.8, 4) is 0 Å². The number of nitrogens with one attached hydrogen (secondary N) is 2. The monoisotopic (exact) mass is 207 g/mol. The summed E-state index contributed by atoms with van der Waals surface area (Å²) in [5.41, 5.74) is 0. The van der Waals surface area contributed by atoms with E-state index in [2.05, 4.69) is 25.4 Å². The number of nitrogens with zero attached hydrogens (tertiary/aromatic N) is 3. The van der Waals surface area contributed by atoms with Gasteiger partial charge in [0.15, 0.2) is 0 Å². The lowest BCUT2D eigenvalue weighted by molar-refractivity contribution is 0.219. The number of hydrogen-bond acceptors (Lipinski definition) is 4. The van der Waals surface area contributed by atoms with Crippen LogP contribution in [0.3, 0.4) is 0 Å². The minimum absolute atomic E-state index is 0.675. The van der Waals surface area contributed by atoms with Crippen molar-refractivity contribution >= 4 is 0 Å². The maximum Gasteiger partial charge on any atom is 0.138 e. The Morgan fingerprint density at radius 1 is 1.47 bits per heavy atom. The van der Waals surface area contributed by atoms with Gasteiger partial charge in [-0.25, -0.2) is 4.98 Å². The summed E-state index contributed by atoms with van der Waals surface area (Å²) in [6, 6.07) is 0.675. The van der Waals surface area contributed by atoms with Crippen LogP contribution in [0.1, 0.15) is 18.7 Å². The lowest BCUT2D eigenvalue weighted by atomic mass is 9.94. The van der Waals surface area contributed by atoms with E-state index >= 15 is 0 Å². The highest BCUT2D eigenvalue weighted by Gasteiger charge is 2.33. The molecule has 2 saturated heterocycles. The molecule has 2 N–H and O–H groups in total. The maximum atomic E-state index is 4.12. The molecule has 0 aromatic carbocycles. The number of aromatic amines is 1. The smallest absolute Gasteiger partial charge is 0.138 e. The second kappa shape index (κ2) is 3.90. The van der Waals surface area contributed by atoms with E-state index in [9.17, 15) is 0 Å². The average molecular weight is 207 g/mol. The summed E-state index contributed by atoms with van der Waals surface area (Å²) in [7, 11) is 0. The first kappa shape index (κ1) is 9.30. The van der Waals surface area contributed by atoms with Gasteiger partial charge in [0.05, 0.1) is 6.54 Å². The van der Waals surface area contributed by atoms with Crippen LogP contribution in [-0.2, 0) is 6.54 Å². The molecule has 0 radical (unpaired) electrons. The van der Waals surface area contributed by atoms with Gasteiger partial charge in [-0.1, -0.05) is 0 Å². The number of fused-ring (bicyclic) bond motifs is 2. The number of H-pyrrole nitrogens is 1. The van der Waals surface area contributed by atoms with Crippen LogP contribution >= 0.6 is 0 Å². The molecule has 0 amide bonds. The minimum atomic E-state index is 0.675. The molecule has 15 heavy (non-hydrogen) atoms. The second-order valence-corrected chi connectivity index (χ2v) is 4.56. The van der Waals surface area contributed by atoms with E-state index in [-0.39, 0.29) is 0 Å². The molecule has 2 bridgehead atoms. The molecule has 5 nitrogen and oxygen atoms in total. The third-order valence-electron chi connectivity index (χ3n) is 3.63. The van der Waals surface area contributed by atoms with Gasteiger partial charge in [0, 0.05) is 12.6 Å². The number of aromatic nitrogens is 3. The molecule has 0 aliphatic carbocycles. The minimum Gasteiger partial charge on any atom is -0.307 e. The SMILES string of the molecule is c1n[nH]c(CNC2CCN3CCC2C3)n1. The third-order valence-corrected chi connectivity index (χ3v) is 3.63. The van der Waals surface area contributed by atoms with E-state index in [1.165, 1.54) is 32.5 Å². The molecule has 1 aromatic heterocycles. The predicted octanol–water partition coefficient (Wildman–Crippen LogP) is -0.0115. The van der Waals surface area contributed by atoms with Crippen LogP contribution in [0.4, 0.5) is 0 Å². The maximum absolute atomic E-state index is 4.12. The lowest BCUT2D eigenvalue weighted by Gasteiger charge is -2.30. The Kier molecular flexibility index (Phi) is 2.42. The Morgan fingerprint density at radius 3 is 3.27 bits per heavy atom. The molecular formula is C10H17N5. The van der Waals surface area contributed by atoms with Crippen LogP contribution in [0.15, 0.2) is 6.33 Å². The van der Waals surface area contributed by atoms with Crippen LogP contribution in [0, 0.1) is 5.92 Å². The molecule has 3 atom stereocenters. The van der Waals surface area contributed by atoms with Gasteiger partial charge in [-0.2, -0.15) is 5.10 Å². The molecule has 2 fully saturated rings. The fourth-order valence-electron chi connectivity index (χ4n) is 2.76. The van der Waals surface area contributed by atoms with Gasteiger partial charge in [-0.05, 0) is 31.8 Å². The van der Waals surface area contributed by atoms with Crippen molar-refractivity contribution < 1.29 is 0 Å². The van der Waals surface area contributed by atoms with Crippen molar-refractivity contribution in [2.24, 2.45) is 5.92 Å². The Bertz CT molecular complexity index is 310. The Balaban J connectivity index is 1.55. The van der Waals surface area contributed by atoms with E-state index in [4.69, 9.17) is 0 Å². The summed E-state index contributed by atoms with van der Waals surface area (Å²) in [6.45, 7) is 4.66. The summed E-state index contributed by atoms with van der Waals surface area (Å²) >= 11 is 0. The zero-order valence-electron chi connectivity index (χ0n) is 8.82. The average Bonchev–Trinajstić information content (AvgIpc) is 2.88. The largest absolute Gasteiger partial charge is 0.307 e. The van der Waals surface area contributed by atoms with Gasteiger partial charge >= 0.3 is 0 Å². The number of piperidine rings is 1. The Hall–Kier alpha value is -0.940. The molecule has 5 heteroatoms. The molecule has 2 aliphatic heterocycles. The van der Waals surface area contributed by atoms with Crippen molar-refractivity contribution in [3.05, 3.63) is 12.2 Å². The van der Waals surface area contributed by atoms with Gasteiger partial charge < -0.3 is 10.2 Å². The molecule has 0 spiro atoms. The topological polar surface area (TPSA) is 56.8 Å². The summed E-state index contributed by atoms with van der Waals surface area (Å²) in [5, 5.41) is 10.3. The van der Waals surface area contributed by atoms with Crippen LogP contribution in [0.25, 0.3) is 0 Å². The highest BCUT2D eigenvalue weighted by molar-refractivity contribution is 4.92. The van der Waals surface area contributed by atoms with E-state index in [0.717, 1.165) is 18.3 Å². The Labute approximate surface area is 89.3 Å². The molecular weight excluding hydrogens is 190 g/mol. The second-order valence-electron chi connectivity index (χ2n) is 4.56. The van der Waals surface area contributed by atoms with Crippen LogP contribution < -0.4 is 5.32 Å². The van der Waals surface area contributed by atoms with Gasteiger partial charge in [-0.15, -0.1) is 0 Å². The van der Waals surface area contributed by atoms with E-state index in [0.29, 0.717) is 6.04 Å². The van der Waals surface area contributed by atoms with Crippen molar-refractivity contribution in [1.29, 1.82) is 0 Å². The molecule has 3 unspecified atom stereocenters. The number of hydrogen-bond donors (Lipinski definition) is 2. The number of rotatable bonds is 3. The molecule has 2 aliphatic rings. The summed E-state index contributed by atoms with van der Waals surface area (Å²) < 4.78 is 0. The van der Waals surface area contributed by atoms with Gasteiger partial charge in [-0.3, -0.25) is 5.10 Å². The molecule has 0 saturated carbocycles. The third kappa shape index (κ3) is 1.89. The van der Waals surface area contributed by atoms with Crippen molar-refractivity contribution in [3.63, 3.8) is 0 Å². The van der Waals surface area contributed by atoms with Crippen LogP contribution in [0.2, 0.25) is 0 Å². The van der Waals surface area contributed by atoms with Gasteiger partial charge in [0.25, 0.3) is 0 Å². The van der Waals surface area contributed by atoms with Crippen LogP contribution in [-0.4, -0.2) is 45.8 Å². The first-order chi connectivity index (χ1) is 7.42. The summed E-state index contributed by atoms with van der Waals surface area (Å²) in [6.07, 6.45) is 4.20. The molecule has 3 heterocycles.